The Hall–Kier alpha value is -1.58. The molecule has 2 aromatic rings. The number of amides is 1. The van der Waals surface area contributed by atoms with Crippen LogP contribution in [0.25, 0.3) is 0 Å². The van der Waals surface area contributed by atoms with Crippen molar-refractivity contribution in [2.24, 2.45) is 0 Å². The molecule has 0 aliphatic rings. The number of carbonyl (C=O) groups excluding carboxylic acids is 1. The Morgan fingerprint density at radius 1 is 1.12 bits per heavy atom. The van der Waals surface area contributed by atoms with Crippen LogP contribution in [0, 0.1) is 0 Å². The van der Waals surface area contributed by atoms with Gasteiger partial charge in [0.1, 0.15) is 5.15 Å². The van der Waals surface area contributed by atoms with Gasteiger partial charge in [-0.05, 0) is 24.3 Å². The lowest BCUT2D eigenvalue weighted by molar-refractivity contribution is 0.102. The number of nitrogens with zero attached hydrogens (tertiary/aromatic N) is 1. The summed E-state index contributed by atoms with van der Waals surface area (Å²) in [6.07, 6.45) is 1.41. The zero-order chi connectivity index (χ0) is 12.3. The van der Waals surface area contributed by atoms with Crippen LogP contribution in [0.1, 0.15) is 10.4 Å². The standard InChI is InChI=1S/C12H8Cl2N2O/c13-9-3-1-2-4-10(9)16-12(17)8-5-6-11(14)15-7-8/h1-7H,(H,16,17). The summed E-state index contributed by atoms with van der Waals surface area (Å²) in [6.45, 7) is 0. The molecule has 0 spiro atoms. The van der Waals surface area contributed by atoms with Crippen molar-refractivity contribution in [1.82, 2.24) is 4.98 Å². The van der Waals surface area contributed by atoms with Crippen molar-refractivity contribution in [3.8, 4) is 0 Å². The number of rotatable bonds is 2. The fourth-order valence-corrected chi connectivity index (χ4v) is 1.56. The first-order valence-electron chi connectivity index (χ1n) is 4.84. The normalized spacial score (nSPS) is 10.0. The Balaban J connectivity index is 2.17. The molecular formula is C12H8Cl2N2O. The molecule has 0 bridgehead atoms. The zero-order valence-electron chi connectivity index (χ0n) is 8.65. The highest BCUT2D eigenvalue weighted by Gasteiger charge is 2.08. The molecule has 86 valence electrons. The minimum Gasteiger partial charge on any atom is -0.321 e. The van der Waals surface area contributed by atoms with Crippen molar-refractivity contribution in [1.29, 1.82) is 0 Å². The minimum atomic E-state index is -0.276. The van der Waals surface area contributed by atoms with Crippen LogP contribution >= 0.6 is 23.2 Å². The van der Waals surface area contributed by atoms with Gasteiger partial charge in [0.2, 0.25) is 0 Å². The number of aromatic nitrogens is 1. The van der Waals surface area contributed by atoms with Gasteiger partial charge in [-0.1, -0.05) is 35.3 Å². The van der Waals surface area contributed by atoms with E-state index in [1.165, 1.54) is 6.20 Å². The third-order valence-corrected chi connectivity index (χ3v) is 2.66. The van der Waals surface area contributed by atoms with Crippen LogP contribution in [0.5, 0.6) is 0 Å². The number of hydrogen-bond donors (Lipinski definition) is 1. The molecule has 1 amide bonds. The summed E-state index contributed by atoms with van der Waals surface area (Å²) < 4.78 is 0. The van der Waals surface area contributed by atoms with Gasteiger partial charge in [0.05, 0.1) is 16.3 Å². The highest BCUT2D eigenvalue weighted by Crippen LogP contribution is 2.21. The van der Waals surface area contributed by atoms with E-state index < -0.39 is 0 Å². The lowest BCUT2D eigenvalue weighted by atomic mass is 10.2. The van der Waals surface area contributed by atoms with Crippen LogP contribution in [0.4, 0.5) is 5.69 Å². The van der Waals surface area contributed by atoms with Crippen molar-refractivity contribution in [3.63, 3.8) is 0 Å². The summed E-state index contributed by atoms with van der Waals surface area (Å²) in [5.74, 6) is -0.276. The van der Waals surface area contributed by atoms with Crippen molar-refractivity contribution < 1.29 is 4.79 Å². The van der Waals surface area contributed by atoms with Gasteiger partial charge in [-0.25, -0.2) is 4.98 Å². The molecule has 2 rings (SSSR count). The molecule has 17 heavy (non-hydrogen) atoms. The fourth-order valence-electron chi connectivity index (χ4n) is 1.27. The van der Waals surface area contributed by atoms with E-state index in [4.69, 9.17) is 23.2 Å². The summed E-state index contributed by atoms with van der Waals surface area (Å²) in [6, 6.07) is 10.2. The number of pyridine rings is 1. The van der Waals surface area contributed by atoms with Gasteiger partial charge in [0.15, 0.2) is 0 Å². The number of halogens is 2. The van der Waals surface area contributed by atoms with E-state index >= 15 is 0 Å². The Kier molecular flexibility index (Phi) is 3.61. The van der Waals surface area contributed by atoms with Crippen molar-refractivity contribution in [3.05, 3.63) is 58.3 Å². The second-order valence-corrected chi connectivity index (χ2v) is 4.10. The molecule has 1 heterocycles. The maximum Gasteiger partial charge on any atom is 0.257 e. The molecule has 5 heteroatoms. The predicted octanol–water partition coefficient (Wildman–Crippen LogP) is 3.64. The summed E-state index contributed by atoms with van der Waals surface area (Å²) in [5.41, 5.74) is 0.989. The Morgan fingerprint density at radius 2 is 1.88 bits per heavy atom. The van der Waals surface area contributed by atoms with Gasteiger partial charge in [-0.15, -0.1) is 0 Å². The number of nitrogens with one attached hydrogen (secondary N) is 1. The van der Waals surface area contributed by atoms with E-state index in [1.807, 2.05) is 0 Å². The minimum absolute atomic E-state index is 0.276. The second-order valence-electron chi connectivity index (χ2n) is 3.30. The highest BCUT2D eigenvalue weighted by atomic mass is 35.5. The average Bonchev–Trinajstić information content (AvgIpc) is 2.33. The molecule has 0 aliphatic heterocycles. The third-order valence-electron chi connectivity index (χ3n) is 2.11. The topological polar surface area (TPSA) is 42.0 Å². The molecule has 0 saturated carbocycles. The van der Waals surface area contributed by atoms with Crippen molar-refractivity contribution in [2.75, 3.05) is 5.32 Å². The van der Waals surface area contributed by atoms with Gasteiger partial charge in [-0.2, -0.15) is 0 Å². The van der Waals surface area contributed by atoms with Crippen LogP contribution in [0.15, 0.2) is 42.6 Å². The van der Waals surface area contributed by atoms with E-state index in [-0.39, 0.29) is 5.91 Å². The highest BCUT2D eigenvalue weighted by molar-refractivity contribution is 6.34. The lowest BCUT2D eigenvalue weighted by Gasteiger charge is -2.06. The number of anilines is 1. The quantitative estimate of drug-likeness (QED) is 0.844. The fraction of sp³-hybridized carbons (Fsp3) is 0. The van der Waals surface area contributed by atoms with Crippen LogP contribution in [0.3, 0.4) is 0 Å². The molecule has 3 nitrogen and oxygen atoms in total. The first-order valence-corrected chi connectivity index (χ1v) is 5.60. The molecule has 1 aromatic carbocycles. The smallest absolute Gasteiger partial charge is 0.257 e. The molecule has 0 atom stereocenters. The summed E-state index contributed by atoms with van der Waals surface area (Å²) >= 11 is 11.6. The molecule has 0 unspecified atom stereocenters. The van der Waals surface area contributed by atoms with Crippen LogP contribution in [-0.2, 0) is 0 Å². The molecule has 0 fully saturated rings. The van der Waals surface area contributed by atoms with Gasteiger partial charge in [-0.3, -0.25) is 4.79 Å². The number of carbonyl (C=O) groups is 1. The summed E-state index contributed by atoms with van der Waals surface area (Å²) in [7, 11) is 0. The zero-order valence-corrected chi connectivity index (χ0v) is 10.2. The van der Waals surface area contributed by atoms with E-state index in [0.29, 0.717) is 21.4 Å². The predicted molar refractivity (Wildman–Crippen MR) is 68.7 cm³/mol. The SMILES string of the molecule is O=C(Nc1ccccc1Cl)c1ccc(Cl)nc1. The average molecular weight is 267 g/mol. The van der Waals surface area contributed by atoms with Crippen molar-refractivity contribution in [2.45, 2.75) is 0 Å². The first kappa shape index (κ1) is 11.9. The van der Waals surface area contributed by atoms with Gasteiger partial charge < -0.3 is 5.32 Å². The van der Waals surface area contributed by atoms with Gasteiger partial charge in [0, 0.05) is 6.20 Å². The van der Waals surface area contributed by atoms with E-state index in [9.17, 15) is 4.79 Å². The molecule has 0 radical (unpaired) electrons. The maximum atomic E-state index is 11.8. The Bertz CT molecular complexity index is 540. The number of para-hydroxylation sites is 1. The van der Waals surface area contributed by atoms with Gasteiger partial charge >= 0.3 is 0 Å². The van der Waals surface area contributed by atoms with Crippen LogP contribution in [0.2, 0.25) is 10.2 Å². The lowest BCUT2D eigenvalue weighted by Crippen LogP contribution is -2.12. The van der Waals surface area contributed by atoms with Gasteiger partial charge in [0.25, 0.3) is 5.91 Å². The Morgan fingerprint density at radius 3 is 2.53 bits per heavy atom. The largest absolute Gasteiger partial charge is 0.321 e. The molecule has 0 saturated heterocycles. The summed E-state index contributed by atoms with van der Waals surface area (Å²) in [4.78, 5) is 15.7. The number of hydrogen-bond acceptors (Lipinski definition) is 2. The van der Waals surface area contributed by atoms with E-state index in [2.05, 4.69) is 10.3 Å². The third kappa shape index (κ3) is 2.96. The number of benzene rings is 1. The molecular weight excluding hydrogens is 259 g/mol. The Labute approximate surface area is 108 Å². The van der Waals surface area contributed by atoms with E-state index in [0.717, 1.165) is 0 Å². The molecule has 1 N–H and O–H groups in total. The maximum absolute atomic E-state index is 11.8. The first-order chi connectivity index (χ1) is 8.16. The van der Waals surface area contributed by atoms with Crippen LogP contribution < -0.4 is 5.32 Å². The van der Waals surface area contributed by atoms with Crippen molar-refractivity contribution >= 4 is 34.8 Å². The molecule has 1 aromatic heterocycles. The van der Waals surface area contributed by atoms with Crippen LogP contribution in [-0.4, -0.2) is 10.9 Å². The summed E-state index contributed by atoms with van der Waals surface area (Å²) in [5, 5.41) is 3.53. The van der Waals surface area contributed by atoms with E-state index in [1.54, 1.807) is 36.4 Å². The monoisotopic (exact) mass is 266 g/mol. The molecule has 0 aliphatic carbocycles. The second kappa shape index (κ2) is 5.17.